The van der Waals surface area contributed by atoms with Crippen LogP contribution in [0.15, 0.2) is 24.4 Å². The molecule has 8 nitrogen and oxygen atoms in total. The third-order valence-corrected chi connectivity index (χ3v) is 5.50. The summed E-state index contributed by atoms with van der Waals surface area (Å²) in [6, 6.07) is 4.25. The molecule has 1 heterocycles. The Balaban J connectivity index is 1.66. The van der Waals surface area contributed by atoms with Crippen molar-refractivity contribution in [3.63, 3.8) is 0 Å². The van der Waals surface area contributed by atoms with Gasteiger partial charge in [-0.05, 0) is 62.3 Å². The first-order valence-corrected chi connectivity index (χ1v) is 9.97. The third-order valence-electron chi connectivity index (χ3n) is 5.27. The number of rotatable bonds is 8. The van der Waals surface area contributed by atoms with Crippen LogP contribution in [0.3, 0.4) is 0 Å². The van der Waals surface area contributed by atoms with Crippen LogP contribution in [0.5, 0.6) is 0 Å². The Labute approximate surface area is 173 Å². The van der Waals surface area contributed by atoms with Crippen LogP contribution in [0.2, 0.25) is 5.02 Å². The van der Waals surface area contributed by atoms with Gasteiger partial charge < -0.3 is 16.4 Å². The first-order chi connectivity index (χ1) is 14.0. The van der Waals surface area contributed by atoms with Gasteiger partial charge >= 0.3 is 5.69 Å². The molecule has 0 spiro atoms. The van der Waals surface area contributed by atoms with Crippen LogP contribution in [-0.4, -0.2) is 28.0 Å². The lowest BCUT2D eigenvalue weighted by molar-refractivity contribution is -0.384. The van der Waals surface area contributed by atoms with Gasteiger partial charge in [-0.25, -0.2) is 9.37 Å². The molecule has 4 N–H and O–H groups in total. The van der Waals surface area contributed by atoms with Crippen LogP contribution in [0, 0.1) is 27.8 Å². The minimum atomic E-state index is -0.520. The summed E-state index contributed by atoms with van der Waals surface area (Å²) in [5.41, 5.74) is 5.88. The maximum Gasteiger partial charge on any atom is 0.329 e. The highest BCUT2D eigenvalue weighted by atomic mass is 35.5. The lowest BCUT2D eigenvalue weighted by atomic mass is 9.82. The first-order valence-electron chi connectivity index (χ1n) is 9.59. The van der Waals surface area contributed by atoms with Crippen LogP contribution in [0.4, 0.5) is 21.8 Å². The summed E-state index contributed by atoms with van der Waals surface area (Å²) in [5, 5.41) is 17.7. The summed E-state index contributed by atoms with van der Waals surface area (Å²) in [4.78, 5) is 19.0. The largest absolute Gasteiger partial charge is 0.364 e. The summed E-state index contributed by atoms with van der Waals surface area (Å²) >= 11 is 5.90. The molecule has 10 heteroatoms. The fourth-order valence-corrected chi connectivity index (χ4v) is 3.68. The minimum Gasteiger partial charge on any atom is -0.364 e. The molecule has 1 aromatic carbocycles. The van der Waals surface area contributed by atoms with Gasteiger partial charge in [0.1, 0.15) is 12.0 Å². The van der Waals surface area contributed by atoms with E-state index in [-0.39, 0.29) is 24.0 Å². The second kappa shape index (κ2) is 9.80. The Bertz CT molecular complexity index is 861. The summed E-state index contributed by atoms with van der Waals surface area (Å²) in [5.74, 6) is 0.909. The van der Waals surface area contributed by atoms with E-state index in [0.29, 0.717) is 35.5 Å². The van der Waals surface area contributed by atoms with Crippen LogP contribution in [0.1, 0.15) is 31.2 Å². The summed E-state index contributed by atoms with van der Waals surface area (Å²) in [6.45, 7) is 1.41. The van der Waals surface area contributed by atoms with Crippen LogP contribution in [-0.2, 0) is 6.54 Å². The van der Waals surface area contributed by atoms with Crippen molar-refractivity contribution >= 4 is 29.1 Å². The molecule has 0 amide bonds. The number of aromatic nitrogens is 2. The van der Waals surface area contributed by atoms with Crippen molar-refractivity contribution in [3.05, 3.63) is 50.9 Å². The van der Waals surface area contributed by atoms with Gasteiger partial charge in [0.2, 0.25) is 11.8 Å². The molecular formula is C19H24ClFN6O2. The number of anilines is 2. The van der Waals surface area contributed by atoms with Crippen LogP contribution >= 0.6 is 11.6 Å². The molecule has 1 aliphatic rings. The number of nitrogens with one attached hydrogen (secondary N) is 2. The van der Waals surface area contributed by atoms with Crippen molar-refractivity contribution in [3.8, 4) is 0 Å². The number of hydrogen-bond acceptors (Lipinski definition) is 7. The van der Waals surface area contributed by atoms with Gasteiger partial charge in [0.05, 0.1) is 4.92 Å². The quantitative estimate of drug-likeness (QED) is 0.435. The van der Waals surface area contributed by atoms with E-state index in [1.807, 2.05) is 0 Å². The number of benzene rings is 1. The van der Waals surface area contributed by atoms with E-state index in [0.717, 1.165) is 31.9 Å². The van der Waals surface area contributed by atoms with Gasteiger partial charge in [-0.2, -0.15) is 4.98 Å². The zero-order valence-electron chi connectivity index (χ0n) is 15.9. The Hall–Kier alpha value is -2.52. The van der Waals surface area contributed by atoms with Gasteiger partial charge in [-0.1, -0.05) is 11.6 Å². The molecule has 1 aliphatic carbocycles. The van der Waals surface area contributed by atoms with Crippen molar-refractivity contribution in [2.75, 3.05) is 23.7 Å². The fraction of sp³-hybridized carbons (Fsp3) is 0.474. The molecule has 0 aliphatic heterocycles. The van der Waals surface area contributed by atoms with E-state index in [1.165, 1.54) is 18.2 Å². The third kappa shape index (κ3) is 5.74. The van der Waals surface area contributed by atoms with Gasteiger partial charge in [0, 0.05) is 23.7 Å². The lowest BCUT2D eigenvalue weighted by Crippen LogP contribution is -2.25. The SMILES string of the molecule is NCC1CCC(CNc2nc(NCc3cc(Cl)ccc3F)ncc2[N+](=O)[O-])CC1. The Morgan fingerprint density at radius 2 is 1.97 bits per heavy atom. The summed E-state index contributed by atoms with van der Waals surface area (Å²) in [6.07, 6.45) is 5.37. The number of nitrogens with two attached hydrogens (primary N) is 1. The van der Waals surface area contributed by atoms with Crippen molar-refractivity contribution in [1.29, 1.82) is 0 Å². The van der Waals surface area contributed by atoms with Gasteiger partial charge in [-0.15, -0.1) is 0 Å². The molecule has 0 saturated heterocycles. The molecule has 29 heavy (non-hydrogen) atoms. The van der Waals surface area contributed by atoms with Crippen molar-refractivity contribution in [1.82, 2.24) is 9.97 Å². The average molecular weight is 423 g/mol. The second-order valence-electron chi connectivity index (χ2n) is 7.28. The summed E-state index contributed by atoms with van der Waals surface area (Å²) < 4.78 is 13.9. The van der Waals surface area contributed by atoms with E-state index in [4.69, 9.17) is 17.3 Å². The van der Waals surface area contributed by atoms with Gasteiger partial charge in [0.25, 0.3) is 0 Å². The van der Waals surface area contributed by atoms with Gasteiger partial charge in [-0.3, -0.25) is 10.1 Å². The second-order valence-corrected chi connectivity index (χ2v) is 7.71. The maximum absolute atomic E-state index is 13.9. The van der Waals surface area contributed by atoms with E-state index in [1.54, 1.807) is 0 Å². The van der Waals surface area contributed by atoms with Crippen LogP contribution in [0.25, 0.3) is 0 Å². The number of nitrogens with zero attached hydrogens (tertiary/aromatic N) is 3. The molecule has 1 saturated carbocycles. The monoisotopic (exact) mass is 422 g/mol. The first kappa shape index (κ1) is 21.2. The highest BCUT2D eigenvalue weighted by molar-refractivity contribution is 6.30. The maximum atomic E-state index is 13.9. The van der Waals surface area contributed by atoms with E-state index < -0.39 is 10.7 Å². The van der Waals surface area contributed by atoms with Crippen molar-refractivity contribution in [2.45, 2.75) is 32.2 Å². The summed E-state index contributed by atoms with van der Waals surface area (Å²) in [7, 11) is 0. The molecule has 1 aromatic heterocycles. The molecule has 2 aromatic rings. The number of halogens is 2. The lowest BCUT2D eigenvalue weighted by Gasteiger charge is -2.27. The van der Waals surface area contributed by atoms with Crippen molar-refractivity contribution in [2.24, 2.45) is 17.6 Å². The fourth-order valence-electron chi connectivity index (χ4n) is 3.49. The smallest absolute Gasteiger partial charge is 0.329 e. The van der Waals surface area contributed by atoms with Gasteiger partial charge in [0.15, 0.2) is 0 Å². The Morgan fingerprint density at radius 1 is 1.24 bits per heavy atom. The predicted molar refractivity (Wildman–Crippen MR) is 110 cm³/mol. The topological polar surface area (TPSA) is 119 Å². The van der Waals surface area contributed by atoms with Crippen molar-refractivity contribution < 1.29 is 9.31 Å². The predicted octanol–water partition coefficient (Wildman–Crippen LogP) is 3.97. The van der Waals surface area contributed by atoms with E-state index >= 15 is 0 Å². The Morgan fingerprint density at radius 3 is 2.66 bits per heavy atom. The zero-order chi connectivity index (χ0) is 20.8. The molecule has 1 fully saturated rings. The number of hydrogen-bond donors (Lipinski definition) is 3. The molecule has 0 radical (unpaired) electrons. The molecule has 0 bridgehead atoms. The molecule has 3 rings (SSSR count). The normalized spacial score (nSPS) is 19.0. The molecule has 0 unspecified atom stereocenters. The minimum absolute atomic E-state index is 0.104. The highest BCUT2D eigenvalue weighted by Crippen LogP contribution is 2.29. The van der Waals surface area contributed by atoms with Crippen LogP contribution < -0.4 is 16.4 Å². The number of nitro groups is 1. The molecular weight excluding hydrogens is 399 g/mol. The molecule has 0 atom stereocenters. The average Bonchev–Trinajstić information content (AvgIpc) is 2.73. The highest BCUT2D eigenvalue weighted by Gasteiger charge is 2.22. The standard InChI is InChI=1S/C19H24ClFN6O2/c20-15-5-6-16(21)14(7-15)10-24-19-25-11-17(27(28)29)18(26-19)23-9-13-3-1-12(8-22)2-4-13/h5-7,11-13H,1-4,8-10,22H2,(H2,23,24,25,26). The molecule has 156 valence electrons. The zero-order valence-corrected chi connectivity index (χ0v) is 16.7. The Kier molecular flexibility index (Phi) is 7.16. The van der Waals surface area contributed by atoms with E-state index in [2.05, 4.69) is 20.6 Å². The van der Waals surface area contributed by atoms with E-state index in [9.17, 15) is 14.5 Å².